The number of nitrogens with zero attached hydrogens (tertiary/aromatic N) is 3. The molecule has 0 unspecified atom stereocenters. The van der Waals surface area contributed by atoms with Crippen LogP contribution >= 0.6 is 23.7 Å². The number of hydrogen-bond donors (Lipinski definition) is 5. The number of thiazole rings is 1. The molecular formula is C15H22ClN5O3S. The van der Waals surface area contributed by atoms with Gasteiger partial charge in [-0.15, -0.1) is 23.7 Å². The van der Waals surface area contributed by atoms with E-state index in [-0.39, 0.29) is 30.9 Å². The van der Waals surface area contributed by atoms with Crippen LogP contribution in [0.4, 0.5) is 11.8 Å². The van der Waals surface area contributed by atoms with Crippen molar-refractivity contribution in [1.29, 1.82) is 0 Å². The smallest absolute Gasteiger partial charge is 0.222 e. The molecule has 0 radical (unpaired) electrons. The Balaban J connectivity index is 0.00000225. The summed E-state index contributed by atoms with van der Waals surface area (Å²) in [6, 6.07) is -0.439. The second-order valence-electron chi connectivity index (χ2n) is 6.10. The fourth-order valence-corrected chi connectivity index (χ4v) is 3.94. The van der Waals surface area contributed by atoms with Crippen molar-refractivity contribution in [2.75, 3.05) is 17.7 Å². The first kappa shape index (κ1) is 19.8. The maximum atomic E-state index is 10.2. The maximum absolute atomic E-state index is 10.2. The molecule has 10 heteroatoms. The predicted octanol–water partition coefficient (Wildman–Crippen LogP) is 0.735. The van der Waals surface area contributed by atoms with E-state index in [0.29, 0.717) is 17.9 Å². The van der Waals surface area contributed by atoms with Gasteiger partial charge in [0.25, 0.3) is 0 Å². The van der Waals surface area contributed by atoms with Gasteiger partial charge >= 0.3 is 0 Å². The fourth-order valence-electron chi connectivity index (χ4n) is 3.05. The van der Waals surface area contributed by atoms with Crippen LogP contribution in [-0.2, 0) is 0 Å². The lowest BCUT2D eigenvalue weighted by molar-refractivity contribution is 0.00446. The lowest BCUT2D eigenvalue weighted by Gasteiger charge is -2.20. The highest BCUT2D eigenvalue weighted by molar-refractivity contribution is 7.13. The number of halogens is 1. The van der Waals surface area contributed by atoms with E-state index in [1.807, 2.05) is 19.2 Å². The van der Waals surface area contributed by atoms with Crippen molar-refractivity contribution in [1.82, 2.24) is 15.0 Å². The summed E-state index contributed by atoms with van der Waals surface area (Å²) in [4.78, 5) is 12.9. The number of anilines is 2. The Hall–Kier alpha value is -1.52. The summed E-state index contributed by atoms with van der Waals surface area (Å²) >= 11 is 1.48. The molecule has 1 fully saturated rings. The molecule has 6 N–H and O–H groups in total. The van der Waals surface area contributed by atoms with Gasteiger partial charge in [0.2, 0.25) is 5.95 Å². The van der Waals surface area contributed by atoms with Gasteiger partial charge in [0.05, 0.1) is 23.4 Å². The van der Waals surface area contributed by atoms with E-state index in [1.54, 1.807) is 0 Å². The van der Waals surface area contributed by atoms with E-state index in [0.717, 1.165) is 16.3 Å². The molecule has 0 amide bonds. The topological polar surface area (TPSA) is 137 Å². The molecule has 138 valence electrons. The van der Waals surface area contributed by atoms with Crippen molar-refractivity contribution in [3.05, 3.63) is 16.8 Å². The Morgan fingerprint density at radius 3 is 2.52 bits per heavy atom. The number of nitrogens with one attached hydrogen (secondary N) is 1. The number of hydrogen-bond acceptors (Lipinski definition) is 9. The standard InChI is InChI=1S/C15H21N5O3S.ClH/c1-6-5-24-14(17-6)10-7(2)18-15(16)20-13(10)19-9-3-8(4-21)11(22)12(9)23;/h5,8-9,11-12,21-23H,3-4H2,1-2H3,(H3,16,18,19,20);1H/t8-,9-,11-,12+;/m1./s1. The molecule has 8 nitrogen and oxygen atoms in total. The third-order valence-corrected chi connectivity index (χ3v) is 5.28. The second kappa shape index (κ2) is 7.79. The summed E-state index contributed by atoms with van der Waals surface area (Å²) in [6.45, 7) is 3.55. The molecular weight excluding hydrogens is 366 g/mol. The summed E-state index contributed by atoms with van der Waals surface area (Å²) in [6.07, 6.45) is -1.54. The molecule has 2 heterocycles. The summed E-state index contributed by atoms with van der Waals surface area (Å²) < 4.78 is 0. The van der Waals surface area contributed by atoms with Crippen molar-refractivity contribution >= 4 is 35.5 Å². The maximum Gasteiger partial charge on any atom is 0.222 e. The van der Waals surface area contributed by atoms with Crippen LogP contribution in [0.5, 0.6) is 0 Å². The largest absolute Gasteiger partial charge is 0.396 e. The van der Waals surface area contributed by atoms with E-state index in [2.05, 4.69) is 20.3 Å². The van der Waals surface area contributed by atoms with Crippen LogP contribution < -0.4 is 11.1 Å². The molecule has 3 rings (SSSR count). The zero-order chi connectivity index (χ0) is 17.4. The van der Waals surface area contributed by atoms with Crippen LogP contribution in [0.15, 0.2) is 5.38 Å². The van der Waals surface area contributed by atoms with Crippen LogP contribution in [0.2, 0.25) is 0 Å². The molecule has 0 aliphatic heterocycles. The average molecular weight is 388 g/mol. The quantitative estimate of drug-likeness (QED) is 0.517. The van der Waals surface area contributed by atoms with Gasteiger partial charge in [-0.25, -0.2) is 9.97 Å². The Morgan fingerprint density at radius 1 is 1.24 bits per heavy atom. The molecule has 25 heavy (non-hydrogen) atoms. The lowest BCUT2D eigenvalue weighted by atomic mass is 10.1. The highest BCUT2D eigenvalue weighted by Crippen LogP contribution is 2.35. The number of rotatable bonds is 4. The van der Waals surface area contributed by atoms with Crippen LogP contribution in [0.1, 0.15) is 17.8 Å². The van der Waals surface area contributed by atoms with Crippen molar-refractivity contribution < 1.29 is 15.3 Å². The third-order valence-electron chi connectivity index (χ3n) is 4.30. The monoisotopic (exact) mass is 387 g/mol. The van der Waals surface area contributed by atoms with Gasteiger partial charge < -0.3 is 26.4 Å². The van der Waals surface area contributed by atoms with Gasteiger partial charge in [0, 0.05) is 23.6 Å². The molecule has 2 aromatic rings. The van der Waals surface area contributed by atoms with Crippen molar-refractivity contribution in [2.45, 2.75) is 38.5 Å². The van der Waals surface area contributed by atoms with E-state index in [1.165, 1.54) is 11.3 Å². The van der Waals surface area contributed by atoms with Crippen LogP contribution in [-0.4, -0.2) is 55.1 Å². The Morgan fingerprint density at radius 2 is 1.96 bits per heavy atom. The van der Waals surface area contributed by atoms with Crippen LogP contribution in [0, 0.1) is 19.8 Å². The van der Waals surface area contributed by atoms with E-state index in [9.17, 15) is 15.3 Å². The first-order valence-electron chi connectivity index (χ1n) is 7.70. The molecule has 2 aromatic heterocycles. The molecule has 1 aliphatic carbocycles. The Labute approximate surface area is 155 Å². The summed E-state index contributed by atoms with van der Waals surface area (Å²) in [5, 5.41) is 35.4. The zero-order valence-electron chi connectivity index (χ0n) is 13.9. The van der Waals surface area contributed by atoms with Crippen molar-refractivity contribution in [3.63, 3.8) is 0 Å². The van der Waals surface area contributed by atoms with E-state index >= 15 is 0 Å². The van der Waals surface area contributed by atoms with E-state index < -0.39 is 18.2 Å². The first-order valence-corrected chi connectivity index (χ1v) is 8.58. The van der Waals surface area contributed by atoms with Gasteiger partial charge in [-0.2, -0.15) is 4.98 Å². The molecule has 4 atom stereocenters. The molecule has 0 saturated heterocycles. The molecule has 0 aromatic carbocycles. The molecule has 1 aliphatic rings. The van der Waals surface area contributed by atoms with Gasteiger partial charge in [0.1, 0.15) is 16.9 Å². The number of aryl methyl sites for hydroxylation is 2. The van der Waals surface area contributed by atoms with Gasteiger partial charge in [0.15, 0.2) is 0 Å². The first-order chi connectivity index (χ1) is 11.4. The number of nitrogens with two attached hydrogens (primary N) is 1. The van der Waals surface area contributed by atoms with Crippen molar-refractivity contribution in [2.24, 2.45) is 5.92 Å². The number of aromatic nitrogens is 3. The molecule has 0 spiro atoms. The second-order valence-corrected chi connectivity index (χ2v) is 6.95. The fraction of sp³-hybridized carbons (Fsp3) is 0.533. The number of aliphatic hydroxyl groups is 3. The molecule has 1 saturated carbocycles. The minimum absolute atomic E-state index is 0. The van der Waals surface area contributed by atoms with Crippen molar-refractivity contribution in [3.8, 4) is 10.6 Å². The lowest BCUT2D eigenvalue weighted by Crippen LogP contribution is -2.35. The highest BCUT2D eigenvalue weighted by atomic mass is 35.5. The Kier molecular flexibility index (Phi) is 6.17. The predicted molar refractivity (Wildman–Crippen MR) is 98.9 cm³/mol. The SMILES string of the molecule is Cc1csc(-c2c(C)nc(N)nc2N[C@@H]2C[C@H](CO)[C@@H](O)[C@H]2O)n1.Cl. The minimum Gasteiger partial charge on any atom is -0.396 e. The Bertz CT molecular complexity index is 744. The molecule has 0 bridgehead atoms. The average Bonchev–Trinajstić information content (AvgIpc) is 3.05. The van der Waals surface area contributed by atoms with Crippen LogP contribution in [0.3, 0.4) is 0 Å². The minimum atomic E-state index is -0.996. The van der Waals surface area contributed by atoms with Gasteiger partial charge in [-0.1, -0.05) is 0 Å². The number of nitrogen functional groups attached to an aromatic ring is 1. The van der Waals surface area contributed by atoms with Crippen LogP contribution in [0.25, 0.3) is 10.6 Å². The zero-order valence-corrected chi connectivity index (χ0v) is 15.5. The highest BCUT2D eigenvalue weighted by Gasteiger charge is 2.41. The summed E-state index contributed by atoms with van der Waals surface area (Å²) in [5.41, 5.74) is 8.09. The van der Waals surface area contributed by atoms with Gasteiger partial charge in [-0.05, 0) is 20.3 Å². The van der Waals surface area contributed by atoms with E-state index in [4.69, 9.17) is 5.73 Å². The van der Waals surface area contributed by atoms with Gasteiger partial charge in [-0.3, -0.25) is 0 Å². The summed E-state index contributed by atoms with van der Waals surface area (Å²) in [7, 11) is 0. The summed E-state index contributed by atoms with van der Waals surface area (Å²) in [5.74, 6) is 0.228. The third kappa shape index (κ3) is 3.85. The normalized spacial score (nSPS) is 25.6. The number of aliphatic hydroxyl groups excluding tert-OH is 3.